The Morgan fingerprint density at radius 2 is 2.07 bits per heavy atom. The molecule has 4 heterocycles. The van der Waals surface area contributed by atoms with Crippen LogP contribution in [0.3, 0.4) is 0 Å². The monoisotopic (exact) mass is 576 g/mol. The van der Waals surface area contributed by atoms with Gasteiger partial charge in [-0.15, -0.1) is 11.3 Å². The number of morpholine rings is 1. The summed E-state index contributed by atoms with van der Waals surface area (Å²) in [5, 5.41) is 3.09. The molecule has 1 N–H and O–H groups in total. The summed E-state index contributed by atoms with van der Waals surface area (Å²) in [6.45, 7) is 10.5. The highest BCUT2D eigenvalue weighted by Gasteiger charge is 2.22. The Balaban J connectivity index is 1.43. The average Bonchev–Trinajstić information content (AvgIpc) is 3.76. The molecule has 0 bridgehead atoms. The molecule has 216 valence electrons. The van der Waals surface area contributed by atoms with E-state index in [0.717, 1.165) is 68.0 Å². The molecule has 1 fully saturated rings. The molecule has 0 radical (unpaired) electrons. The molecule has 0 unspecified atom stereocenters. The predicted octanol–water partition coefficient (Wildman–Crippen LogP) is 5.21. The minimum Gasteiger partial charge on any atom is -0.443 e. The summed E-state index contributed by atoms with van der Waals surface area (Å²) in [4.78, 5) is 39.7. The van der Waals surface area contributed by atoms with Crippen LogP contribution in [-0.4, -0.2) is 76.0 Å². The van der Waals surface area contributed by atoms with Crippen molar-refractivity contribution in [2.45, 2.75) is 38.8 Å². The summed E-state index contributed by atoms with van der Waals surface area (Å²) < 4.78 is 13.1. The van der Waals surface area contributed by atoms with E-state index < -0.39 is 0 Å². The SMILES string of the molecule is C=CC(=O)N(C)CCC[C@H](CC)n1c(NC(=O)c2ccc(-c3cnco3)s2)nc2ccc(CN3CCOCC3)cc21. The van der Waals surface area contributed by atoms with E-state index in [1.807, 2.05) is 12.1 Å². The zero-order valence-corrected chi connectivity index (χ0v) is 24.4. The van der Waals surface area contributed by atoms with Crippen LogP contribution in [0, 0.1) is 0 Å². The van der Waals surface area contributed by atoms with Crippen molar-refractivity contribution in [2.24, 2.45) is 0 Å². The Bertz CT molecular complexity index is 1490. The maximum Gasteiger partial charge on any atom is 0.268 e. The number of imidazole rings is 1. The number of hydrogen-bond donors (Lipinski definition) is 1. The molecule has 11 heteroatoms. The van der Waals surface area contributed by atoms with E-state index in [1.165, 1.54) is 29.4 Å². The van der Waals surface area contributed by atoms with Crippen LogP contribution in [-0.2, 0) is 16.1 Å². The van der Waals surface area contributed by atoms with Gasteiger partial charge in [0, 0.05) is 39.3 Å². The second kappa shape index (κ2) is 13.2. The minimum absolute atomic E-state index is 0.0780. The molecule has 1 aromatic carbocycles. The first kappa shape index (κ1) is 28.7. The number of anilines is 1. The molecule has 0 aliphatic carbocycles. The van der Waals surface area contributed by atoms with Gasteiger partial charge >= 0.3 is 0 Å². The molecule has 4 aromatic rings. The predicted molar refractivity (Wildman–Crippen MR) is 160 cm³/mol. The first-order chi connectivity index (χ1) is 20.0. The second-order valence-corrected chi connectivity index (χ2v) is 11.3. The standard InChI is InChI=1S/C30H36N6O4S/c1-4-22(7-6-12-34(3)28(37)5-2)36-24-17-21(19-35-13-15-39-16-14-35)8-9-23(24)32-30(36)33-29(38)27-11-10-26(41-27)25-18-31-20-40-25/h5,8-11,17-18,20,22H,2,4,6-7,12-16,19H2,1,3H3,(H,32,33,38)/t22-/m0/s1. The highest BCUT2D eigenvalue weighted by Crippen LogP contribution is 2.32. The van der Waals surface area contributed by atoms with Crippen molar-refractivity contribution in [3.8, 4) is 10.6 Å². The van der Waals surface area contributed by atoms with Gasteiger partial charge in [-0.3, -0.25) is 19.8 Å². The number of carbonyl (C=O) groups excluding carboxylic acids is 2. The Kier molecular flexibility index (Phi) is 9.28. The molecule has 41 heavy (non-hydrogen) atoms. The lowest BCUT2D eigenvalue weighted by Gasteiger charge is -2.26. The molecule has 1 aliphatic rings. The summed E-state index contributed by atoms with van der Waals surface area (Å²) in [5.41, 5.74) is 3.01. The lowest BCUT2D eigenvalue weighted by molar-refractivity contribution is -0.124. The fraction of sp³-hybridized carbons (Fsp3) is 0.400. The van der Waals surface area contributed by atoms with Gasteiger partial charge in [0.05, 0.1) is 40.2 Å². The summed E-state index contributed by atoms with van der Waals surface area (Å²) in [6, 6.07) is 10.1. The summed E-state index contributed by atoms with van der Waals surface area (Å²) in [7, 11) is 1.79. The van der Waals surface area contributed by atoms with Crippen molar-refractivity contribution in [2.75, 3.05) is 45.2 Å². The van der Waals surface area contributed by atoms with Crippen LogP contribution in [0.4, 0.5) is 5.95 Å². The number of amides is 2. The lowest BCUT2D eigenvalue weighted by Crippen LogP contribution is -2.35. The van der Waals surface area contributed by atoms with Gasteiger partial charge in [-0.05, 0) is 55.2 Å². The number of fused-ring (bicyclic) bond motifs is 1. The van der Waals surface area contributed by atoms with Crippen molar-refractivity contribution < 1.29 is 18.7 Å². The zero-order chi connectivity index (χ0) is 28.8. The fourth-order valence-electron chi connectivity index (χ4n) is 5.15. The summed E-state index contributed by atoms with van der Waals surface area (Å²) in [5.74, 6) is 0.829. The van der Waals surface area contributed by atoms with Crippen molar-refractivity contribution in [3.63, 3.8) is 0 Å². The number of carbonyl (C=O) groups is 2. The van der Waals surface area contributed by atoms with Crippen LogP contribution in [0.15, 0.2) is 60.0 Å². The quantitative estimate of drug-likeness (QED) is 0.231. The first-order valence-electron chi connectivity index (χ1n) is 13.9. The first-order valence-corrected chi connectivity index (χ1v) is 14.8. The van der Waals surface area contributed by atoms with E-state index >= 15 is 0 Å². The Labute approximate surface area is 243 Å². The van der Waals surface area contributed by atoms with E-state index in [0.29, 0.717) is 23.1 Å². The van der Waals surface area contributed by atoms with Crippen LogP contribution in [0.5, 0.6) is 0 Å². The van der Waals surface area contributed by atoms with Crippen LogP contribution in [0.1, 0.15) is 47.5 Å². The van der Waals surface area contributed by atoms with E-state index in [4.69, 9.17) is 14.1 Å². The van der Waals surface area contributed by atoms with Gasteiger partial charge in [0.2, 0.25) is 11.9 Å². The van der Waals surface area contributed by atoms with Crippen LogP contribution in [0.25, 0.3) is 21.7 Å². The number of benzene rings is 1. The zero-order valence-electron chi connectivity index (χ0n) is 23.5. The lowest BCUT2D eigenvalue weighted by atomic mass is 10.1. The van der Waals surface area contributed by atoms with Gasteiger partial charge in [-0.1, -0.05) is 19.6 Å². The number of thiophene rings is 1. The molecule has 5 rings (SSSR count). The number of aromatic nitrogens is 3. The third kappa shape index (κ3) is 6.75. The minimum atomic E-state index is -0.225. The normalized spacial score (nSPS) is 14.7. The smallest absolute Gasteiger partial charge is 0.268 e. The maximum absolute atomic E-state index is 13.4. The number of likely N-dealkylation sites (N-methyl/N-ethyl adjacent to an activating group) is 1. The van der Waals surface area contributed by atoms with Crippen molar-refractivity contribution >= 4 is 40.1 Å². The molecule has 0 spiro atoms. The van der Waals surface area contributed by atoms with Crippen LogP contribution < -0.4 is 5.32 Å². The third-order valence-electron chi connectivity index (χ3n) is 7.41. The van der Waals surface area contributed by atoms with Gasteiger partial charge in [0.1, 0.15) is 0 Å². The largest absolute Gasteiger partial charge is 0.443 e. The molecule has 1 atom stereocenters. The topological polar surface area (TPSA) is 106 Å². The van der Waals surface area contributed by atoms with Gasteiger partial charge in [-0.2, -0.15) is 0 Å². The Morgan fingerprint density at radius 3 is 2.80 bits per heavy atom. The Morgan fingerprint density at radius 1 is 1.24 bits per heavy atom. The van der Waals surface area contributed by atoms with Crippen molar-refractivity contribution in [1.29, 1.82) is 0 Å². The number of hydrogen-bond acceptors (Lipinski definition) is 8. The maximum atomic E-state index is 13.4. The highest BCUT2D eigenvalue weighted by molar-refractivity contribution is 7.17. The molecule has 3 aromatic heterocycles. The summed E-state index contributed by atoms with van der Waals surface area (Å²) in [6.07, 6.45) is 6.81. The fourth-order valence-corrected chi connectivity index (χ4v) is 6.01. The van der Waals surface area contributed by atoms with Gasteiger partial charge in [-0.25, -0.2) is 9.97 Å². The number of oxazole rings is 1. The molecule has 10 nitrogen and oxygen atoms in total. The molecule has 1 saturated heterocycles. The van der Waals surface area contributed by atoms with E-state index in [9.17, 15) is 9.59 Å². The van der Waals surface area contributed by atoms with Crippen molar-refractivity contribution in [3.05, 3.63) is 66.0 Å². The third-order valence-corrected chi connectivity index (χ3v) is 8.51. The van der Waals surface area contributed by atoms with E-state index in [1.54, 1.807) is 24.2 Å². The van der Waals surface area contributed by atoms with Gasteiger partial charge in [0.15, 0.2) is 12.2 Å². The number of nitrogens with one attached hydrogen (secondary N) is 1. The molecule has 1 aliphatic heterocycles. The average molecular weight is 577 g/mol. The van der Waals surface area contributed by atoms with Crippen LogP contribution in [0.2, 0.25) is 0 Å². The molecule has 2 amide bonds. The van der Waals surface area contributed by atoms with Crippen LogP contribution >= 0.6 is 11.3 Å². The number of nitrogens with zero attached hydrogens (tertiary/aromatic N) is 5. The second-order valence-electron chi connectivity index (χ2n) is 10.2. The Hall–Kier alpha value is -3.80. The molecular formula is C30H36N6O4S. The van der Waals surface area contributed by atoms with Gasteiger partial charge < -0.3 is 18.6 Å². The van der Waals surface area contributed by atoms with E-state index in [2.05, 4.69) is 45.4 Å². The molecule has 0 saturated carbocycles. The number of rotatable bonds is 12. The van der Waals surface area contributed by atoms with Crippen molar-refractivity contribution in [1.82, 2.24) is 24.3 Å². The highest BCUT2D eigenvalue weighted by atomic mass is 32.1. The van der Waals surface area contributed by atoms with Gasteiger partial charge in [0.25, 0.3) is 5.91 Å². The summed E-state index contributed by atoms with van der Waals surface area (Å²) >= 11 is 1.34. The molecular weight excluding hydrogens is 540 g/mol. The van der Waals surface area contributed by atoms with E-state index in [-0.39, 0.29) is 17.9 Å². The number of ether oxygens (including phenoxy) is 1.